The standard InChI is InChI=1S/C15H18N2O3/c1-9(2)8-20-13-6-5-12-11(15(18)19)7-16-17(12)14(13)10-3-4-10/h5-7,9-10H,3-4,8H2,1-2H3,(H,18,19). The number of carboxylic acid groups (broad SMARTS) is 1. The summed E-state index contributed by atoms with van der Waals surface area (Å²) in [7, 11) is 0. The first-order valence-corrected chi connectivity index (χ1v) is 6.94. The van der Waals surface area contributed by atoms with Crippen molar-refractivity contribution < 1.29 is 14.6 Å². The van der Waals surface area contributed by atoms with Gasteiger partial charge < -0.3 is 9.84 Å². The van der Waals surface area contributed by atoms with E-state index in [0.29, 0.717) is 24.0 Å². The Kier molecular flexibility index (Phi) is 3.12. The lowest BCUT2D eigenvalue weighted by Crippen LogP contribution is -2.09. The quantitative estimate of drug-likeness (QED) is 0.910. The fourth-order valence-corrected chi connectivity index (χ4v) is 2.33. The highest BCUT2D eigenvalue weighted by Gasteiger charge is 2.31. The van der Waals surface area contributed by atoms with E-state index in [4.69, 9.17) is 4.74 Å². The topological polar surface area (TPSA) is 63.8 Å². The molecule has 0 radical (unpaired) electrons. The van der Waals surface area contributed by atoms with Gasteiger partial charge in [-0.2, -0.15) is 5.10 Å². The molecule has 0 saturated heterocycles. The van der Waals surface area contributed by atoms with Gasteiger partial charge in [-0.15, -0.1) is 0 Å². The van der Waals surface area contributed by atoms with Crippen molar-refractivity contribution in [1.82, 2.24) is 9.61 Å². The molecule has 0 amide bonds. The maximum absolute atomic E-state index is 11.2. The Hall–Kier alpha value is -2.04. The molecule has 0 spiro atoms. The van der Waals surface area contributed by atoms with Crippen LogP contribution in [-0.2, 0) is 0 Å². The molecule has 1 N–H and O–H groups in total. The minimum Gasteiger partial charge on any atom is -0.491 e. The monoisotopic (exact) mass is 274 g/mol. The van der Waals surface area contributed by atoms with Gasteiger partial charge in [-0.25, -0.2) is 9.31 Å². The second kappa shape index (κ2) is 4.81. The maximum atomic E-state index is 11.2. The van der Waals surface area contributed by atoms with Crippen LogP contribution in [0.25, 0.3) is 5.52 Å². The Morgan fingerprint density at radius 1 is 1.50 bits per heavy atom. The lowest BCUT2D eigenvalue weighted by Gasteiger charge is -2.14. The fourth-order valence-electron chi connectivity index (χ4n) is 2.33. The van der Waals surface area contributed by atoms with E-state index in [9.17, 15) is 9.90 Å². The predicted molar refractivity (Wildman–Crippen MR) is 74.5 cm³/mol. The lowest BCUT2D eigenvalue weighted by atomic mass is 10.2. The zero-order valence-electron chi connectivity index (χ0n) is 11.7. The highest BCUT2D eigenvalue weighted by molar-refractivity contribution is 5.95. The van der Waals surface area contributed by atoms with E-state index < -0.39 is 5.97 Å². The average molecular weight is 274 g/mol. The number of nitrogens with zero attached hydrogens (tertiary/aromatic N) is 2. The summed E-state index contributed by atoms with van der Waals surface area (Å²) in [5.41, 5.74) is 1.88. The molecule has 2 aromatic heterocycles. The van der Waals surface area contributed by atoms with Gasteiger partial charge in [0.15, 0.2) is 0 Å². The van der Waals surface area contributed by atoms with Crippen molar-refractivity contribution >= 4 is 11.5 Å². The Balaban J connectivity index is 2.08. The summed E-state index contributed by atoms with van der Waals surface area (Å²) in [6.45, 7) is 4.86. The number of pyridine rings is 1. The molecule has 2 aromatic rings. The van der Waals surface area contributed by atoms with Crippen LogP contribution in [0.2, 0.25) is 0 Å². The molecule has 3 rings (SSSR count). The van der Waals surface area contributed by atoms with Gasteiger partial charge in [0, 0.05) is 5.92 Å². The largest absolute Gasteiger partial charge is 0.491 e. The van der Waals surface area contributed by atoms with E-state index in [-0.39, 0.29) is 5.56 Å². The van der Waals surface area contributed by atoms with Gasteiger partial charge in [0.25, 0.3) is 0 Å². The lowest BCUT2D eigenvalue weighted by molar-refractivity contribution is 0.0699. The molecule has 2 heterocycles. The number of carbonyl (C=O) groups is 1. The normalized spacial score (nSPS) is 14.9. The highest BCUT2D eigenvalue weighted by Crippen LogP contribution is 2.44. The van der Waals surface area contributed by atoms with E-state index in [2.05, 4.69) is 18.9 Å². The van der Waals surface area contributed by atoms with Crippen molar-refractivity contribution in [2.45, 2.75) is 32.6 Å². The zero-order chi connectivity index (χ0) is 14.3. The minimum atomic E-state index is -0.947. The van der Waals surface area contributed by atoms with Gasteiger partial charge in [0.05, 0.1) is 24.0 Å². The van der Waals surface area contributed by atoms with Crippen LogP contribution in [-0.4, -0.2) is 27.3 Å². The molecule has 106 valence electrons. The number of fused-ring (bicyclic) bond motifs is 1. The third kappa shape index (κ3) is 2.24. The number of aromatic carboxylic acids is 1. The number of carboxylic acids is 1. The van der Waals surface area contributed by atoms with E-state index >= 15 is 0 Å². The van der Waals surface area contributed by atoms with Crippen LogP contribution in [0, 0.1) is 5.92 Å². The van der Waals surface area contributed by atoms with Crippen LogP contribution in [0.4, 0.5) is 0 Å². The van der Waals surface area contributed by atoms with Crippen molar-refractivity contribution in [3.05, 3.63) is 29.6 Å². The van der Waals surface area contributed by atoms with Crippen molar-refractivity contribution in [1.29, 1.82) is 0 Å². The first-order chi connectivity index (χ1) is 9.58. The zero-order valence-corrected chi connectivity index (χ0v) is 11.7. The Morgan fingerprint density at radius 3 is 2.85 bits per heavy atom. The Morgan fingerprint density at radius 2 is 2.25 bits per heavy atom. The minimum absolute atomic E-state index is 0.238. The number of rotatable bonds is 5. The number of hydrogen-bond acceptors (Lipinski definition) is 3. The van der Waals surface area contributed by atoms with Gasteiger partial charge in [0.2, 0.25) is 0 Å². The van der Waals surface area contributed by atoms with Crippen LogP contribution in [0.3, 0.4) is 0 Å². The summed E-state index contributed by atoms with van der Waals surface area (Å²) in [4.78, 5) is 11.2. The van der Waals surface area contributed by atoms with Crippen molar-refractivity contribution in [3.8, 4) is 5.75 Å². The van der Waals surface area contributed by atoms with Crippen molar-refractivity contribution in [2.24, 2.45) is 5.92 Å². The summed E-state index contributed by atoms with van der Waals surface area (Å²) >= 11 is 0. The Labute approximate surface area is 117 Å². The second-order valence-electron chi connectivity index (χ2n) is 5.72. The summed E-state index contributed by atoms with van der Waals surface area (Å²) < 4.78 is 7.60. The number of hydrogen-bond donors (Lipinski definition) is 1. The highest BCUT2D eigenvalue weighted by atomic mass is 16.5. The van der Waals surface area contributed by atoms with Crippen LogP contribution >= 0.6 is 0 Å². The maximum Gasteiger partial charge on any atom is 0.339 e. The third-order valence-electron chi connectivity index (χ3n) is 3.45. The van der Waals surface area contributed by atoms with Crippen LogP contribution in [0.5, 0.6) is 5.75 Å². The van der Waals surface area contributed by atoms with Crippen LogP contribution in [0.15, 0.2) is 18.3 Å². The fraction of sp³-hybridized carbons (Fsp3) is 0.467. The first kappa shape index (κ1) is 13.0. The van der Waals surface area contributed by atoms with Gasteiger partial charge in [-0.05, 0) is 30.9 Å². The molecule has 0 bridgehead atoms. The molecule has 1 saturated carbocycles. The molecule has 0 unspecified atom stereocenters. The predicted octanol–water partition coefficient (Wildman–Crippen LogP) is 2.94. The van der Waals surface area contributed by atoms with Crippen LogP contribution in [0.1, 0.15) is 48.7 Å². The number of aromatic nitrogens is 2. The molecule has 0 atom stereocenters. The summed E-state index contributed by atoms with van der Waals surface area (Å²) in [5.74, 6) is 0.763. The molecule has 5 nitrogen and oxygen atoms in total. The molecule has 0 aromatic carbocycles. The van der Waals surface area contributed by atoms with Gasteiger partial charge in [0.1, 0.15) is 11.3 Å². The van der Waals surface area contributed by atoms with Gasteiger partial charge in [-0.3, -0.25) is 0 Å². The van der Waals surface area contributed by atoms with Crippen molar-refractivity contribution in [2.75, 3.05) is 6.61 Å². The van der Waals surface area contributed by atoms with E-state index in [1.54, 1.807) is 10.6 Å². The molecule has 1 aliphatic carbocycles. The second-order valence-corrected chi connectivity index (χ2v) is 5.72. The van der Waals surface area contributed by atoms with Gasteiger partial charge >= 0.3 is 5.97 Å². The Bertz CT molecular complexity index is 656. The molecule has 1 aliphatic rings. The van der Waals surface area contributed by atoms with Gasteiger partial charge in [-0.1, -0.05) is 13.8 Å². The van der Waals surface area contributed by atoms with Crippen LogP contribution < -0.4 is 4.74 Å². The smallest absolute Gasteiger partial charge is 0.339 e. The average Bonchev–Trinajstić information content (AvgIpc) is 3.13. The van der Waals surface area contributed by atoms with E-state index in [1.807, 2.05) is 6.07 Å². The van der Waals surface area contributed by atoms with E-state index in [0.717, 1.165) is 24.3 Å². The van der Waals surface area contributed by atoms with E-state index in [1.165, 1.54) is 6.20 Å². The molecule has 5 heteroatoms. The summed E-state index contributed by atoms with van der Waals surface area (Å²) in [6, 6.07) is 3.65. The van der Waals surface area contributed by atoms with Crippen molar-refractivity contribution in [3.63, 3.8) is 0 Å². The third-order valence-corrected chi connectivity index (χ3v) is 3.45. The summed E-state index contributed by atoms with van der Waals surface area (Å²) in [5, 5.41) is 13.4. The first-order valence-electron chi connectivity index (χ1n) is 6.94. The SMILES string of the molecule is CC(C)COc1ccc2c(C(=O)O)cnn2c1C1CC1. The molecule has 20 heavy (non-hydrogen) atoms. The molecular formula is C15H18N2O3. The molecule has 1 fully saturated rings. The molecule has 0 aliphatic heterocycles. The number of ether oxygens (including phenoxy) is 1. The summed E-state index contributed by atoms with van der Waals surface area (Å²) in [6.07, 6.45) is 3.63. The molecular weight excluding hydrogens is 256 g/mol.